The third kappa shape index (κ3) is 3.64. The van der Waals surface area contributed by atoms with Crippen LogP contribution >= 0.6 is 0 Å². The minimum atomic E-state index is 0.183. The van der Waals surface area contributed by atoms with Crippen LogP contribution < -0.4 is 5.73 Å². The molecule has 31 heavy (non-hydrogen) atoms. The number of H-pyrrole nitrogens is 1. The molecule has 1 saturated heterocycles. The zero-order valence-electron chi connectivity index (χ0n) is 18.3. The van der Waals surface area contributed by atoms with Crippen molar-refractivity contribution < 1.29 is 0 Å². The summed E-state index contributed by atoms with van der Waals surface area (Å²) < 4.78 is 1.98. The third-order valence-electron chi connectivity index (χ3n) is 6.22. The Morgan fingerprint density at radius 3 is 2.58 bits per heavy atom. The van der Waals surface area contributed by atoms with Gasteiger partial charge in [-0.25, -0.2) is 9.50 Å². The first-order valence-corrected chi connectivity index (χ1v) is 11.0. The van der Waals surface area contributed by atoms with Crippen LogP contribution in [-0.2, 0) is 12.8 Å². The number of benzene rings is 1. The van der Waals surface area contributed by atoms with E-state index in [2.05, 4.69) is 59.3 Å². The van der Waals surface area contributed by atoms with E-state index in [0.29, 0.717) is 0 Å². The SMILES string of the molecule is CCc1nn2c(C)cc(C)nc2c1Cc1ccc(C(c2cn[nH]c2)N2CC(N)C2)cc1. The molecular weight excluding hydrogens is 386 g/mol. The average Bonchev–Trinajstić information content (AvgIpc) is 3.37. The van der Waals surface area contributed by atoms with Gasteiger partial charge in [0.25, 0.3) is 0 Å². The molecule has 0 saturated carbocycles. The van der Waals surface area contributed by atoms with Crippen molar-refractivity contribution in [3.8, 4) is 0 Å². The summed E-state index contributed by atoms with van der Waals surface area (Å²) >= 11 is 0. The molecule has 160 valence electrons. The molecule has 0 spiro atoms. The molecule has 0 radical (unpaired) electrons. The summed E-state index contributed by atoms with van der Waals surface area (Å²) in [6.45, 7) is 8.10. The van der Waals surface area contributed by atoms with Crippen LogP contribution in [0.2, 0.25) is 0 Å². The molecule has 1 fully saturated rings. The van der Waals surface area contributed by atoms with E-state index in [0.717, 1.165) is 48.7 Å². The van der Waals surface area contributed by atoms with Crippen LogP contribution in [0, 0.1) is 13.8 Å². The lowest BCUT2D eigenvalue weighted by atomic mass is 9.93. The summed E-state index contributed by atoms with van der Waals surface area (Å²) in [7, 11) is 0. The second kappa shape index (κ2) is 7.90. The van der Waals surface area contributed by atoms with Gasteiger partial charge < -0.3 is 5.73 Å². The molecule has 1 unspecified atom stereocenters. The molecule has 1 atom stereocenters. The summed E-state index contributed by atoms with van der Waals surface area (Å²) in [4.78, 5) is 7.20. The Bertz CT molecular complexity index is 1190. The van der Waals surface area contributed by atoms with Crippen LogP contribution in [0.1, 0.15) is 52.3 Å². The Balaban J connectivity index is 1.46. The van der Waals surface area contributed by atoms with E-state index in [1.807, 2.05) is 23.8 Å². The van der Waals surface area contributed by atoms with Crippen molar-refractivity contribution >= 4 is 5.65 Å². The smallest absolute Gasteiger partial charge is 0.159 e. The number of nitrogens with two attached hydrogens (primary N) is 1. The monoisotopic (exact) mass is 415 g/mol. The Kier molecular flexibility index (Phi) is 5.08. The molecule has 0 aliphatic carbocycles. The quantitative estimate of drug-likeness (QED) is 0.505. The molecule has 1 aromatic carbocycles. The summed E-state index contributed by atoms with van der Waals surface area (Å²) in [5.74, 6) is 0. The highest BCUT2D eigenvalue weighted by Gasteiger charge is 2.32. The van der Waals surface area contributed by atoms with E-state index in [1.54, 1.807) is 0 Å². The van der Waals surface area contributed by atoms with Crippen molar-refractivity contribution in [3.05, 3.63) is 82.1 Å². The maximum atomic E-state index is 6.05. The fraction of sp³-hybridized carbons (Fsp3) is 0.375. The summed E-state index contributed by atoms with van der Waals surface area (Å²) in [5.41, 5.74) is 15.2. The van der Waals surface area contributed by atoms with Crippen LogP contribution in [0.5, 0.6) is 0 Å². The van der Waals surface area contributed by atoms with Gasteiger partial charge in [-0.05, 0) is 37.5 Å². The van der Waals surface area contributed by atoms with Crippen LogP contribution in [-0.4, -0.2) is 48.8 Å². The number of aromatic amines is 1. The lowest BCUT2D eigenvalue weighted by molar-refractivity contribution is 0.114. The number of likely N-dealkylation sites (tertiary alicyclic amines) is 1. The lowest BCUT2D eigenvalue weighted by Gasteiger charge is -2.42. The first-order chi connectivity index (χ1) is 15.0. The van der Waals surface area contributed by atoms with Crippen molar-refractivity contribution in [3.63, 3.8) is 0 Å². The lowest BCUT2D eigenvalue weighted by Crippen LogP contribution is -2.56. The molecule has 5 rings (SSSR count). The van der Waals surface area contributed by atoms with Crippen LogP contribution in [0.3, 0.4) is 0 Å². The van der Waals surface area contributed by atoms with Gasteiger partial charge in [-0.3, -0.25) is 10.00 Å². The van der Waals surface area contributed by atoms with E-state index in [4.69, 9.17) is 15.8 Å². The van der Waals surface area contributed by atoms with E-state index in [-0.39, 0.29) is 12.1 Å². The van der Waals surface area contributed by atoms with Crippen molar-refractivity contribution in [1.29, 1.82) is 0 Å². The average molecular weight is 416 g/mol. The van der Waals surface area contributed by atoms with Gasteiger partial charge in [-0.2, -0.15) is 10.2 Å². The van der Waals surface area contributed by atoms with Gasteiger partial charge in [-0.1, -0.05) is 31.2 Å². The van der Waals surface area contributed by atoms with Crippen LogP contribution in [0.25, 0.3) is 5.65 Å². The van der Waals surface area contributed by atoms with Gasteiger partial charge in [0.05, 0.1) is 17.9 Å². The number of rotatable bonds is 6. The molecule has 0 amide bonds. The molecule has 7 heteroatoms. The van der Waals surface area contributed by atoms with Crippen molar-refractivity contribution in [1.82, 2.24) is 29.7 Å². The minimum Gasteiger partial charge on any atom is -0.325 e. The molecule has 4 aromatic rings. The molecule has 7 nitrogen and oxygen atoms in total. The van der Waals surface area contributed by atoms with Gasteiger partial charge in [0.1, 0.15) is 0 Å². The van der Waals surface area contributed by atoms with Crippen molar-refractivity contribution in [2.45, 2.75) is 45.7 Å². The number of hydrogen-bond acceptors (Lipinski definition) is 5. The zero-order valence-corrected chi connectivity index (χ0v) is 18.3. The minimum absolute atomic E-state index is 0.183. The van der Waals surface area contributed by atoms with E-state index >= 15 is 0 Å². The molecule has 3 N–H and O–H groups in total. The second-order valence-corrected chi connectivity index (χ2v) is 8.62. The fourth-order valence-electron chi connectivity index (χ4n) is 4.68. The largest absolute Gasteiger partial charge is 0.325 e. The van der Waals surface area contributed by atoms with E-state index in [9.17, 15) is 0 Å². The summed E-state index contributed by atoms with van der Waals surface area (Å²) in [5, 5.41) is 11.9. The Labute approximate surface area is 182 Å². The van der Waals surface area contributed by atoms with Gasteiger partial charge in [-0.15, -0.1) is 0 Å². The molecular formula is C24H29N7. The second-order valence-electron chi connectivity index (χ2n) is 8.62. The number of fused-ring (bicyclic) bond motifs is 1. The van der Waals surface area contributed by atoms with Gasteiger partial charge in [0, 0.05) is 54.3 Å². The molecule has 3 aromatic heterocycles. The number of aromatic nitrogens is 5. The van der Waals surface area contributed by atoms with Gasteiger partial charge in [0.2, 0.25) is 0 Å². The number of nitrogens with zero attached hydrogens (tertiary/aromatic N) is 5. The molecule has 0 bridgehead atoms. The zero-order chi connectivity index (χ0) is 21.5. The highest BCUT2D eigenvalue weighted by molar-refractivity contribution is 5.54. The first-order valence-electron chi connectivity index (χ1n) is 11.0. The highest BCUT2D eigenvalue weighted by atomic mass is 15.3. The summed E-state index contributed by atoms with van der Waals surface area (Å²) in [6, 6.07) is 11.5. The van der Waals surface area contributed by atoms with Crippen molar-refractivity contribution in [2.24, 2.45) is 5.73 Å². The van der Waals surface area contributed by atoms with E-state index in [1.165, 1.54) is 22.3 Å². The Hall–Kier alpha value is -3.03. The third-order valence-corrected chi connectivity index (χ3v) is 6.22. The first kappa shape index (κ1) is 19.9. The Morgan fingerprint density at radius 1 is 1.16 bits per heavy atom. The Morgan fingerprint density at radius 2 is 1.94 bits per heavy atom. The van der Waals surface area contributed by atoms with Crippen LogP contribution in [0.4, 0.5) is 0 Å². The fourth-order valence-corrected chi connectivity index (χ4v) is 4.68. The van der Waals surface area contributed by atoms with Crippen molar-refractivity contribution in [2.75, 3.05) is 13.1 Å². The predicted octanol–water partition coefficient (Wildman–Crippen LogP) is 2.95. The van der Waals surface area contributed by atoms with Crippen LogP contribution in [0.15, 0.2) is 42.7 Å². The van der Waals surface area contributed by atoms with Gasteiger partial charge in [0.15, 0.2) is 5.65 Å². The maximum absolute atomic E-state index is 6.05. The predicted molar refractivity (Wildman–Crippen MR) is 121 cm³/mol. The molecule has 1 aliphatic rings. The maximum Gasteiger partial charge on any atom is 0.159 e. The number of hydrogen-bond donors (Lipinski definition) is 2. The number of nitrogens with one attached hydrogen (secondary N) is 1. The van der Waals surface area contributed by atoms with Gasteiger partial charge >= 0.3 is 0 Å². The molecule has 4 heterocycles. The standard InChI is InChI=1S/C24H29N7/c1-4-22-21(24-28-15(2)9-16(3)31(24)29-22)10-17-5-7-18(8-6-17)23(19-11-26-27-12-19)30-13-20(25)14-30/h5-9,11-12,20,23H,4,10,13-14,25H2,1-3H3,(H,26,27). The number of aryl methyl sites for hydroxylation is 3. The normalized spacial score (nSPS) is 16.0. The molecule has 1 aliphatic heterocycles. The summed E-state index contributed by atoms with van der Waals surface area (Å²) in [6.07, 6.45) is 5.61. The topological polar surface area (TPSA) is 88.1 Å². The van der Waals surface area contributed by atoms with E-state index < -0.39 is 0 Å². The highest BCUT2D eigenvalue weighted by Crippen LogP contribution is 2.32.